The number of alkyl halides is 3. The summed E-state index contributed by atoms with van der Waals surface area (Å²) in [6.45, 7) is 0.283. The summed E-state index contributed by atoms with van der Waals surface area (Å²) < 4.78 is 43.8. The Morgan fingerprint density at radius 3 is 2.53 bits per heavy atom. The molecule has 32 heavy (non-hydrogen) atoms. The van der Waals surface area contributed by atoms with Crippen molar-refractivity contribution in [3.05, 3.63) is 60.0 Å². The van der Waals surface area contributed by atoms with Gasteiger partial charge in [-0.05, 0) is 43.2 Å². The number of nitrogen functional groups attached to an aromatic ring is 1. The van der Waals surface area contributed by atoms with Crippen molar-refractivity contribution in [2.45, 2.75) is 19.0 Å². The Morgan fingerprint density at radius 2 is 1.84 bits per heavy atom. The van der Waals surface area contributed by atoms with Crippen LogP contribution in [-0.2, 0) is 12.6 Å². The van der Waals surface area contributed by atoms with Crippen molar-refractivity contribution in [2.24, 2.45) is 0 Å². The zero-order chi connectivity index (χ0) is 23.1. The van der Waals surface area contributed by atoms with Gasteiger partial charge < -0.3 is 26.2 Å². The topological polar surface area (TPSA) is 135 Å². The SMILES string of the molecule is Nc1nc(CCCNC(=O)O)cc(Nc2ccc(Oc3ccnc(C(F)(F)F)c3)cc2)n1. The summed E-state index contributed by atoms with van der Waals surface area (Å²) in [4.78, 5) is 22.0. The summed E-state index contributed by atoms with van der Waals surface area (Å²) in [6.07, 6.45) is -3.58. The van der Waals surface area contributed by atoms with Gasteiger partial charge in [-0.2, -0.15) is 18.2 Å². The van der Waals surface area contributed by atoms with E-state index >= 15 is 0 Å². The Balaban J connectivity index is 1.63. The Labute approximate surface area is 180 Å². The standard InChI is InChI=1S/C20H19F3N6O3/c21-20(22,23)16-11-15(7-9-25-16)32-14-5-3-12(4-6-14)27-17-10-13(28-18(24)29-17)2-1-8-26-19(30)31/h3-7,9-11,26H,1-2,8H2,(H,30,31)(H3,24,27,28,29). The number of nitrogens with two attached hydrogens (primary N) is 1. The van der Waals surface area contributed by atoms with E-state index in [1.54, 1.807) is 30.3 Å². The van der Waals surface area contributed by atoms with Crippen LogP contribution < -0.4 is 21.1 Å². The van der Waals surface area contributed by atoms with Gasteiger partial charge in [0.05, 0.1) is 0 Å². The van der Waals surface area contributed by atoms with Crippen LogP contribution in [0, 0.1) is 0 Å². The van der Waals surface area contributed by atoms with Crippen LogP contribution in [0.3, 0.4) is 0 Å². The predicted octanol–water partition coefficient (Wildman–Crippen LogP) is 4.21. The van der Waals surface area contributed by atoms with Gasteiger partial charge in [0, 0.05) is 36.3 Å². The Morgan fingerprint density at radius 1 is 1.09 bits per heavy atom. The van der Waals surface area contributed by atoms with Gasteiger partial charge in [-0.3, -0.25) is 4.98 Å². The summed E-state index contributed by atoms with van der Waals surface area (Å²) >= 11 is 0. The van der Waals surface area contributed by atoms with Crippen molar-refractivity contribution in [1.82, 2.24) is 20.3 Å². The maximum atomic E-state index is 12.8. The van der Waals surface area contributed by atoms with Gasteiger partial charge in [0.15, 0.2) is 0 Å². The lowest BCUT2D eigenvalue weighted by Crippen LogP contribution is -2.22. The van der Waals surface area contributed by atoms with Crippen molar-refractivity contribution >= 4 is 23.5 Å². The third-order valence-electron chi connectivity index (χ3n) is 4.07. The molecular formula is C20H19F3N6O3. The number of ether oxygens (including phenoxy) is 1. The molecule has 0 bridgehead atoms. The summed E-state index contributed by atoms with van der Waals surface area (Å²) in [5, 5.41) is 13.9. The van der Waals surface area contributed by atoms with Gasteiger partial charge in [-0.1, -0.05) is 0 Å². The number of amides is 1. The van der Waals surface area contributed by atoms with E-state index in [0.717, 1.165) is 12.3 Å². The molecule has 0 fully saturated rings. The molecule has 0 aliphatic carbocycles. The van der Waals surface area contributed by atoms with E-state index in [1.165, 1.54) is 6.07 Å². The van der Waals surface area contributed by atoms with Crippen LogP contribution in [0.5, 0.6) is 11.5 Å². The third-order valence-corrected chi connectivity index (χ3v) is 4.07. The first kappa shape index (κ1) is 22.6. The molecule has 2 aromatic heterocycles. The molecule has 3 aromatic rings. The summed E-state index contributed by atoms with van der Waals surface area (Å²) in [5.74, 6) is 0.855. The fourth-order valence-corrected chi connectivity index (χ4v) is 2.69. The van der Waals surface area contributed by atoms with Crippen molar-refractivity contribution in [1.29, 1.82) is 0 Å². The summed E-state index contributed by atoms with van der Waals surface area (Å²) in [7, 11) is 0. The summed E-state index contributed by atoms with van der Waals surface area (Å²) in [5.41, 5.74) is 5.99. The smallest absolute Gasteiger partial charge is 0.433 e. The highest BCUT2D eigenvalue weighted by molar-refractivity contribution is 5.64. The minimum absolute atomic E-state index is 0.0126. The largest absolute Gasteiger partial charge is 0.465 e. The molecule has 0 unspecified atom stereocenters. The number of halogens is 3. The second-order valence-corrected chi connectivity index (χ2v) is 6.56. The molecule has 0 aliphatic rings. The highest BCUT2D eigenvalue weighted by Crippen LogP contribution is 2.31. The predicted molar refractivity (Wildman–Crippen MR) is 110 cm³/mol. The highest BCUT2D eigenvalue weighted by atomic mass is 19.4. The Kier molecular flexibility index (Phi) is 6.93. The molecule has 0 radical (unpaired) electrons. The number of nitrogens with zero attached hydrogens (tertiary/aromatic N) is 3. The number of hydrogen-bond acceptors (Lipinski definition) is 7. The number of aromatic nitrogens is 3. The lowest BCUT2D eigenvalue weighted by atomic mass is 10.2. The van der Waals surface area contributed by atoms with Gasteiger partial charge in [0.1, 0.15) is 23.0 Å². The Bertz CT molecular complexity index is 1080. The van der Waals surface area contributed by atoms with Crippen LogP contribution in [0.25, 0.3) is 0 Å². The zero-order valence-corrected chi connectivity index (χ0v) is 16.6. The van der Waals surface area contributed by atoms with E-state index in [4.69, 9.17) is 15.6 Å². The second kappa shape index (κ2) is 9.81. The van der Waals surface area contributed by atoms with Crippen LogP contribution in [0.15, 0.2) is 48.7 Å². The van der Waals surface area contributed by atoms with Crippen molar-refractivity contribution in [3.63, 3.8) is 0 Å². The van der Waals surface area contributed by atoms with Gasteiger partial charge in [0.25, 0.3) is 0 Å². The first-order valence-electron chi connectivity index (χ1n) is 9.37. The monoisotopic (exact) mass is 448 g/mol. The first-order chi connectivity index (χ1) is 15.2. The number of pyridine rings is 1. The quantitative estimate of drug-likeness (QED) is 0.377. The van der Waals surface area contributed by atoms with E-state index in [-0.39, 0.29) is 18.2 Å². The highest BCUT2D eigenvalue weighted by Gasteiger charge is 2.32. The molecule has 0 aliphatic heterocycles. The van der Waals surface area contributed by atoms with Gasteiger partial charge in [-0.25, -0.2) is 9.78 Å². The molecule has 9 nitrogen and oxygen atoms in total. The number of hydrogen-bond donors (Lipinski definition) is 4. The normalized spacial score (nSPS) is 11.1. The van der Waals surface area contributed by atoms with E-state index in [2.05, 4.69) is 25.6 Å². The molecule has 1 amide bonds. The van der Waals surface area contributed by atoms with E-state index in [1.807, 2.05) is 0 Å². The number of rotatable bonds is 8. The minimum atomic E-state index is -4.56. The number of carboxylic acid groups (broad SMARTS) is 1. The maximum Gasteiger partial charge on any atom is 0.433 e. The second-order valence-electron chi connectivity index (χ2n) is 6.56. The van der Waals surface area contributed by atoms with Crippen LogP contribution in [0.2, 0.25) is 0 Å². The fourth-order valence-electron chi connectivity index (χ4n) is 2.69. The van der Waals surface area contributed by atoms with Crippen molar-refractivity contribution in [2.75, 3.05) is 17.6 Å². The zero-order valence-electron chi connectivity index (χ0n) is 16.6. The number of anilines is 3. The lowest BCUT2D eigenvalue weighted by molar-refractivity contribution is -0.141. The number of nitrogens with one attached hydrogen (secondary N) is 2. The Hall–Kier alpha value is -4.09. The molecule has 3 rings (SSSR count). The molecule has 2 heterocycles. The van der Waals surface area contributed by atoms with Gasteiger partial charge in [0.2, 0.25) is 5.95 Å². The molecule has 12 heteroatoms. The molecule has 1 aromatic carbocycles. The minimum Gasteiger partial charge on any atom is -0.465 e. The van der Waals surface area contributed by atoms with E-state index < -0.39 is 18.0 Å². The molecule has 0 spiro atoms. The number of aryl methyl sites for hydroxylation is 1. The van der Waals surface area contributed by atoms with Crippen molar-refractivity contribution < 1.29 is 27.8 Å². The van der Waals surface area contributed by atoms with Crippen molar-refractivity contribution in [3.8, 4) is 11.5 Å². The average Bonchev–Trinajstić information content (AvgIpc) is 2.72. The third kappa shape index (κ3) is 6.72. The number of carbonyl (C=O) groups is 1. The van der Waals surface area contributed by atoms with Crippen LogP contribution in [0.1, 0.15) is 17.8 Å². The maximum absolute atomic E-state index is 12.8. The lowest BCUT2D eigenvalue weighted by Gasteiger charge is -2.11. The molecule has 0 atom stereocenters. The molecule has 168 valence electrons. The van der Waals surface area contributed by atoms with E-state index in [0.29, 0.717) is 35.8 Å². The molecular weight excluding hydrogens is 429 g/mol. The average molecular weight is 448 g/mol. The number of benzene rings is 1. The molecule has 0 saturated carbocycles. The fraction of sp³-hybridized carbons (Fsp3) is 0.200. The van der Waals surface area contributed by atoms with Gasteiger partial charge >= 0.3 is 12.3 Å². The molecule has 5 N–H and O–H groups in total. The van der Waals surface area contributed by atoms with Crippen LogP contribution >= 0.6 is 0 Å². The van der Waals surface area contributed by atoms with Gasteiger partial charge in [-0.15, -0.1) is 0 Å². The van der Waals surface area contributed by atoms with Crippen LogP contribution in [-0.4, -0.2) is 32.7 Å². The first-order valence-corrected chi connectivity index (χ1v) is 9.37. The van der Waals surface area contributed by atoms with E-state index in [9.17, 15) is 18.0 Å². The summed E-state index contributed by atoms with van der Waals surface area (Å²) in [6, 6.07) is 10.3. The van der Waals surface area contributed by atoms with Crippen LogP contribution in [0.4, 0.5) is 35.4 Å². The molecule has 0 saturated heterocycles.